The summed E-state index contributed by atoms with van der Waals surface area (Å²) in [5.41, 5.74) is -0.858. The van der Waals surface area contributed by atoms with E-state index >= 15 is 0 Å². The molecule has 0 radical (unpaired) electrons. The Morgan fingerprint density at radius 3 is 2.39 bits per heavy atom. The third-order valence-corrected chi connectivity index (χ3v) is 5.66. The predicted octanol–water partition coefficient (Wildman–Crippen LogP) is 3.25. The highest BCUT2D eigenvalue weighted by atomic mass is 35.5. The second kappa shape index (κ2) is 8.41. The summed E-state index contributed by atoms with van der Waals surface area (Å²) in [5, 5.41) is 14.0. The Bertz CT molecular complexity index is 1280. The Balaban J connectivity index is 2.15. The van der Waals surface area contributed by atoms with E-state index in [1.165, 1.54) is 56.4 Å². The van der Waals surface area contributed by atoms with Crippen molar-refractivity contribution in [2.75, 3.05) is 12.9 Å². The van der Waals surface area contributed by atoms with E-state index in [1.54, 1.807) is 0 Å². The number of nitrogens with zero attached hydrogens (tertiary/aromatic N) is 2. The van der Waals surface area contributed by atoms with Crippen LogP contribution in [0, 0.1) is 5.82 Å². The summed E-state index contributed by atoms with van der Waals surface area (Å²) < 4.78 is 43.6. The molecule has 0 fully saturated rings. The van der Waals surface area contributed by atoms with Gasteiger partial charge in [0, 0.05) is 11.8 Å². The minimum Gasteiger partial charge on any atom is -0.484 e. The molecule has 2 aromatic carbocycles. The van der Waals surface area contributed by atoms with Crippen molar-refractivity contribution in [1.82, 2.24) is 9.78 Å². The molecule has 1 N–H and O–H groups in total. The molecular formula is C21H20ClFN2O5S. The molecule has 0 saturated carbocycles. The molecule has 0 unspecified atom stereocenters. The topological polar surface area (TPSA) is 98.5 Å². The van der Waals surface area contributed by atoms with Gasteiger partial charge >= 0.3 is 5.56 Å². The van der Waals surface area contributed by atoms with E-state index in [9.17, 15) is 22.7 Å². The fourth-order valence-electron chi connectivity index (χ4n) is 2.71. The first-order chi connectivity index (χ1) is 14.4. The SMILES string of the molecule is CC(C)(O)COc1c(-c2ccc(S(C)(=O)=O)cc2)cnn(-c2ccc(F)c(Cl)c2)c1=O. The Morgan fingerprint density at radius 1 is 1.19 bits per heavy atom. The molecule has 0 aliphatic rings. The number of aromatic nitrogens is 2. The highest BCUT2D eigenvalue weighted by Gasteiger charge is 2.21. The standard InChI is InChI=1S/C21H20ClFN2O5S/c1-21(2,27)12-30-19-16(13-4-7-15(8-5-13)31(3,28)29)11-24-25(20(19)26)14-6-9-18(23)17(22)10-14/h4-11,27H,12H2,1-3H3. The van der Waals surface area contributed by atoms with Crippen LogP contribution in [0.3, 0.4) is 0 Å². The average Bonchev–Trinajstić information content (AvgIpc) is 2.68. The third-order valence-electron chi connectivity index (χ3n) is 4.24. The highest BCUT2D eigenvalue weighted by Crippen LogP contribution is 2.28. The van der Waals surface area contributed by atoms with Crippen molar-refractivity contribution in [3.63, 3.8) is 0 Å². The van der Waals surface area contributed by atoms with E-state index in [4.69, 9.17) is 16.3 Å². The van der Waals surface area contributed by atoms with Crippen molar-refractivity contribution in [1.29, 1.82) is 0 Å². The van der Waals surface area contributed by atoms with Gasteiger partial charge in [0.05, 0.1) is 27.4 Å². The van der Waals surface area contributed by atoms with E-state index in [0.29, 0.717) is 11.1 Å². The second-order valence-electron chi connectivity index (χ2n) is 7.60. The zero-order chi connectivity index (χ0) is 23.0. The molecule has 0 bridgehead atoms. The van der Waals surface area contributed by atoms with Gasteiger partial charge in [0.2, 0.25) is 0 Å². The first-order valence-corrected chi connectivity index (χ1v) is 11.4. The summed E-state index contributed by atoms with van der Waals surface area (Å²) >= 11 is 5.82. The van der Waals surface area contributed by atoms with Gasteiger partial charge in [-0.2, -0.15) is 9.78 Å². The molecule has 3 rings (SSSR count). The van der Waals surface area contributed by atoms with Crippen LogP contribution in [0.4, 0.5) is 4.39 Å². The summed E-state index contributed by atoms with van der Waals surface area (Å²) in [6, 6.07) is 9.60. The van der Waals surface area contributed by atoms with Crippen LogP contribution in [0.1, 0.15) is 13.8 Å². The van der Waals surface area contributed by atoms with Crippen LogP contribution in [0.15, 0.2) is 58.4 Å². The van der Waals surface area contributed by atoms with Gasteiger partial charge in [-0.3, -0.25) is 4.79 Å². The van der Waals surface area contributed by atoms with Crippen LogP contribution < -0.4 is 10.3 Å². The number of ether oxygens (including phenoxy) is 1. The number of benzene rings is 2. The summed E-state index contributed by atoms with van der Waals surface area (Å²) in [7, 11) is -3.39. The number of sulfone groups is 1. The van der Waals surface area contributed by atoms with Crippen LogP contribution in [0.5, 0.6) is 5.75 Å². The van der Waals surface area contributed by atoms with E-state index < -0.39 is 26.8 Å². The summed E-state index contributed by atoms with van der Waals surface area (Å²) in [4.78, 5) is 13.3. The summed E-state index contributed by atoms with van der Waals surface area (Å²) in [6.45, 7) is 2.85. The zero-order valence-electron chi connectivity index (χ0n) is 17.0. The maximum Gasteiger partial charge on any atom is 0.314 e. The molecule has 0 atom stereocenters. The molecule has 7 nitrogen and oxygen atoms in total. The molecule has 0 saturated heterocycles. The lowest BCUT2D eigenvalue weighted by atomic mass is 10.1. The molecule has 164 valence electrons. The van der Waals surface area contributed by atoms with Gasteiger partial charge < -0.3 is 9.84 Å². The lowest BCUT2D eigenvalue weighted by Crippen LogP contribution is -2.31. The van der Waals surface area contributed by atoms with Crippen LogP contribution in [0.2, 0.25) is 5.02 Å². The van der Waals surface area contributed by atoms with E-state index in [2.05, 4.69) is 5.10 Å². The fourth-order valence-corrected chi connectivity index (χ4v) is 3.52. The van der Waals surface area contributed by atoms with Crippen molar-refractivity contribution in [2.24, 2.45) is 0 Å². The minimum atomic E-state index is -3.39. The van der Waals surface area contributed by atoms with E-state index in [1.807, 2.05) is 0 Å². The predicted molar refractivity (Wildman–Crippen MR) is 115 cm³/mol. The van der Waals surface area contributed by atoms with Crippen molar-refractivity contribution in [3.05, 3.63) is 69.9 Å². The number of rotatable bonds is 6. The van der Waals surface area contributed by atoms with Gasteiger partial charge in [0.1, 0.15) is 12.4 Å². The van der Waals surface area contributed by atoms with Crippen LogP contribution in [-0.4, -0.2) is 41.8 Å². The Hall–Kier alpha value is -2.75. The van der Waals surface area contributed by atoms with Crippen molar-refractivity contribution < 1.29 is 22.7 Å². The maximum atomic E-state index is 13.5. The highest BCUT2D eigenvalue weighted by molar-refractivity contribution is 7.90. The molecule has 1 aromatic heterocycles. The van der Waals surface area contributed by atoms with Gasteiger partial charge in [-0.1, -0.05) is 23.7 Å². The maximum absolute atomic E-state index is 13.5. The van der Waals surface area contributed by atoms with Gasteiger partial charge in [0.25, 0.3) is 0 Å². The minimum absolute atomic E-state index is 0.107. The normalized spacial score (nSPS) is 12.1. The first-order valence-electron chi connectivity index (χ1n) is 9.10. The molecule has 31 heavy (non-hydrogen) atoms. The molecule has 3 aromatic rings. The van der Waals surface area contributed by atoms with Gasteiger partial charge in [-0.25, -0.2) is 12.8 Å². The van der Waals surface area contributed by atoms with E-state index in [-0.39, 0.29) is 28.0 Å². The average molecular weight is 467 g/mol. The molecule has 0 amide bonds. The third kappa shape index (κ3) is 5.30. The molecule has 1 heterocycles. The number of aliphatic hydroxyl groups is 1. The van der Waals surface area contributed by atoms with Gasteiger partial charge in [-0.05, 0) is 49.7 Å². The number of hydrogen-bond acceptors (Lipinski definition) is 6. The lowest BCUT2D eigenvalue weighted by Gasteiger charge is -2.19. The molecule has 0 aliphatic carbocycles. The van der Waals surface area contributed by atoms with Crippen molar-refractivity contribution in [2.45, 2.75) is 24.3 Å². The summed E-state index contributed by atoms with van der Waals surface area (Å²) in [5.74, 6) is -0.746. The second-order valence-corrected chi connectivity index (χ2v) is 10.0. The molecule has 0 aliphatic heterocycles. The number of halogens is 2. The fraction of sp³-hybridized carbons (Fsp3) is 0.238. The van der Waals surface area contributed by atoms with E-state index in [0.717, 1.165) is 17.0 Å². The van der Waals surface area contributed by atoms with Crippen LogP contribution >= 0.6 is 11.6 Å². The monoisotopic (exact) mass is 466 g/mol. The molecule has 0 spiro atoms. The first kappa shape index (κ1) is 22.9. The summed E-state index contributed by atoms with van der Waals surface area (Å²) in [6.07, 6.45) is 2.46. The Labute approximate surface area is 183 Å². The zero-order valence-corrected chi connectivity index (χ0v) is 18.5. The van der Waals surface area contributed by atoms with Crippen molar-refractivity contribution in [3.8, 4) is 22.6 Å². The quantitative estimate of drug-likeness (QED) is 0.598. The Morgan fingerprint density at radius 2 is 1.84 bits per heavy atom. The van der Waals surface area contributed by atoms with Crippen LogP contribution in [-0.2, 0) is 9.84 Å². The van der Waals surface area contributed by atoms with Crippen molar-refractivity contribution >= 4 is 21.4 Å². The molecular weight excluding hydrogens is 447 g/mol. The molecule has 10 heteroatoms. The van der Waals surface area contributed by atoms with Crippen LogP contribution in [0.25, 0.3) is 16.8 Å². The smallest absolute Gasteiger partial charge is 0.314 e. The Kier molecular flexibility index (Phi) is 6.22. The number of hydrogen-bond donors (Lipinski definition) is 1. The lowest BCUT2D eigenvalue weighted by molar-refractivity contribution is 0.0280. The van der Waals surface area contributed by atoms with Gasteiger partial charge in [0.15, 0.2) is 15.6 Å². The largest absolute Gasteiger partial charge is 0.484 e. The van der Waals surface area contributed by atoms with Gasteiger partial charge in [-0.15, -0.1) is 0 Å².